The monoisotopic (exact) mass is 321 g/mol. The summed E-state index contributed by atoms with van der Waals surface area (Å²) in [6.45, 7) is 12.8. The van der Waals surface area contributed by atoms with Crippen molar-refractivity contribution in [2.75, 3.05) is 13.2 Å². The van der Waals surface area contributed by atoms with Crippen LogP contribution >= 0.6 is 0 Å². The first-order valence-electron chi connectivity index (χ1n) is 7.82. The highest BCUT2D eigenvalue weighted by Gasteiger charge is 2.43. The van der Waals surface area contributed by atoms with Gasteiger partial charge in [0.2, 0.25) is 0 Å². The molecule has 0 unspecified atom stereocenters. The summed E-state index contributed by atoms with van der Waals surface area (Å²) in [5, 5.41) is 0.195. The normalized spacial score (nSPS) is 18.2. The van der Waals surface area contributed by atoms with Gasteiger partial charge < -0.3 is 9.16 Å². The van der Waals surface area contributed by atoms with Gasteiger partial charge in [-0.1, -0.05) is 51.1 Å². The largest absolute Gasteiger partial charge is 0.445 e. The Morgan fingerprint density at radius 3 is 2.50 bits per heavy atom. The summed E-state index contributed by atoms with van der Waals surface area (Å²) in [6.07, 6.45) is -0.243. The van der Waals surface area contributed by atoms with Crippen LogP contribution in [-0.4, -0.2) is 38.5 Å². The van der Waals surface area contributed by atoms with Gasteiger partial charge in [0.1, 0.15) is 6.61 Å². The molecule has 1 aromatic carbocycles. The van der Waals surface area contributed by atoms with E-state index in [1.165, 1.54) is 0 Å². The molecule has 1 atom stereocenters. The minimum atomic E-state index is -1.74. The molecule has 1 fully saturated rings. The van der Waals surface area contributed by atoms with Crippen LogP contribution in [0.25, 0.3) is 0 Å². The molecule has 0 aliphatic carbocycles. The lowest BCUT2D eigenvalue weighted by Crippen LogP contribution is -2.42. The molecule has 1 aliphatic rings. The van der Waals surface area contributed by atoms with Gasteiger partial charge in [-0.15, -0.1) is 0 Å². The molecule has 1 saturated heterocycles. The van der Waals surface area contributed by atoms with E-state index >= 15 is 0 Å². The van der Waals surface area contributed by atoms with Crippen LogP contribution in [0.1, 0.15) is 26.3 Å². The molecule has 0 aromatic heterocycles. The summed E-state index contributed by atoms with van der Waals surface area (Å²) in [6, 6.07) is 9.91. The average molecular weight is 321 g/mol. The Morgan fingerprint density at radius 1 is 1.27 bits per heavy atom. The van der Waals surface area contributed by atoms with Gasteiger partial charge in [0.15, 0.2) is 8.32 Å². The first-order valence-corrected chi connectivity index (χ1v) is 10.7. The van der Waals surface area contributed by atoms with Crippen LogP contribution in [0.15, 0.2) is 30.3 Å². The molecule has 22 heavy (non-hydrogen) atoms. The molecule has 122 valence electrons. The van der Waals surface area contributed by atoms with Crippen LogP contribution in [0.5, 0.6) is 0 Å². The van der Waals surface area contributed by atoms with E-state index in [-0.39, 0.29) is 17.2 Å². The Hall–Kier alpha value is -1.33. The highest BCUT2D eigenvalue weighted by atomic mass is 28.4. The van der Waals surface area contributed by atoms with Crippen molar-refractivity contribution in [3.8, 4) is 0 Å². The number of hydrogen-bond acceptors (Lipinski definition) is 3. The Morgan fingerprint density at radius 2 is 1.91 bits per heavy atom. The molecule has 0 N–H and O–H groups in total. The lowest BCUT2D eigenvalue weighted by atomic mass is 10.2. The van der Waals surface area contributed by atoms with Crippen molar-refractivity contribution in [1.82, 2.24) is 4.90 Å². The molecule has 1 aromatic rings. The van der Waals surface area contributed by atoms with Crippen LogP contribution in [0.3, 0.4) is 0 Å². The summed E-state index contributed by atoms with van der Waals surface area (Å²) in [4.78, 5) is 13.7. The van der Waals surface area contributed by atoms with Crippen molar-refractivity contribution in [1.29, 1.82) is 0 Å². The lowest BCUT2D eigenvalue weighted by molar-refractivity contribution is 0.119. The third-order valence-electron chi connectivity index (χ3n) is 4.60. The summed E-state index contributed by atoms with van der Waals surface area (Å²) < 4.78 is 11.5. The predicted octanol–water partition coefficient (Wildman–Crippen LogP) is 4.03. The Balaban J connectivity index is 1.72. The molecule has 1 aliphatic heterocycles. The maximum Gasteiger partial charge on any atom is 0.410 e. The first kappa shape index (κ1) is 17.0. The number of benzene rings is 1. The zero-order valence-corrected chi connectivity index (χ0v) is 15.3. The van der Waals surface area contributed by atoms with Crippen LogP contribution in [0.4, 0.5) is 4.79 Å². The highest BCUT2D eigenvalue weighted by Crippen LogP contribution is 2.37. The van der Waals surface area contributed by atoms with Gasteiger partial charge in [-0.25, -0.2) is 4.79 Å². The molecule has 0 saturated carbocycles. The van der Waals surface area contributed by atoms with E-state index in [1.54, 1.807) is 4.90 Å². The van der Waals surface area contributed by atoms with Crippen molar-refractivity contribution in [3.05, 3.63) is 35.9 Å². The fourth-order valence-corrected chi connectivity index (χ4v) is 2.91. The van der Waals surface area contributed by atoms with Gasteiger partial charge in [0.05, 0.1) is 12.6 Å². The fourth-order valence-electron chi connectivity index (χ4n) is 1.87. The number of rotatable bonds is 5. The second-order valence-electron chi connectivity index (χ2n) is 7.42. The number of amides is 1. The zero-order valence-electron chi connectivity index (χ0n) is 14.3. The van der Waals surface area contributed by atoms with Crippen molar-refractivity contribution in [2.24, 2.45) is 0 Å². The molecule has 1 amide bonds. The topological polar surface area (TPSA) is 38.5 Å². The van der Waals surface area contributed by atoms with E-state index in [2.05, 4.69) is 33.9 Å². The van der Waals surface area contributed by atoms with Crippen molar-refractivity contribution in [2.45, 2.75) is 51.6 Å². The van der Waals surface area contributed by atoms with Gasteiger partial charge in [-0.3, -0.25) is 4.90 Å². The van der Waals surface area contributed by atoms with Crippen LogP contribution in [0.2, 0.25) is 18.1 Å². The maximum absolute atomic E-state index is 12.0. The van der Waals surface area contributed by atoms with E-state index in [9.17, 15) is 4.79 Å². The molecule has 0 radical (unpaired) electrons. The van der Waals surface area contributed by atoms with Gasteiger partial charge in [0.25, 0.3) is 0 Å². The second-order valence-corrected chi connectivity index (χ2v) is 12.2. The number of carbonyl (C=O) groups excluding carboxylic acids is 1. The average Bonchev–Trinajstić information content (AvgIpc) is 3.22. The van der Waals surface area contributed by atoms with Gasteiger partial charge >= 0.3 is 6.09 Å². The molecular formula is C17H27NO3Si. The minimum Gasteiger partial charge on any atom is -0.445 e. The molecule has 1 heterocycles. The smallest absolute Gasteiger partial charge is 0.410 e. The Labute approximate surface area is 134 Å². The van der Waals surface area contributed by atoms with Crippen LogP contribution in [0, 0.1) is 0 Å². The van der Waals surface area contributed by atoms with Gasteiger partial charge in [-0.2, -0.15) is 0 Å². The predicted molar refractivity (Wildman–Crippen MR) is 90.3 cm³/mol. The van der Waals surface area contributed by atoms with E-state index in [0.717, 1.165) is 12.1 Å². The van der Waals surface area contributed by atoms with E-state index in [1.807, 2.05) is 30.3 Å². The Bertz CT molecular complexity index is 510. The van der Waals surface area contributed by atoms with E-state index in [4.69, 9.17) is 9.16 Å². The molecular weight excluding hydrogens is 294 g/mol. The number of ether oxygens (including phenoxy) is 1. The third-order valence-corrected chi connectivity index (χ3v) is 9.10. The standard InChI is InChI=1S/C17H27NO3Si/c1-17(2,3)22(4,5)21-13-15-11-18(15)16(19)20-12-14-9-7-6-8-10-14/h6-10,15H,11-13H2,1-5H3/t15-,18?/m0/s1. The molecule has 0 bridgehead atoms. The number of nitrogens with zero attached hydrogens (tertiary/aromatic N) is 1. The SMILES string of the molecule is CC(C)(C)[Si](C)(C)OC[C@@H]1CN1C(=O)OCc1ccccc1. The minimum absolute atomic E-state index is 0.178. The molecule has 5 heteroatoms. The van der Waals surface area contributed by atoms with Crippen molar-refractivity contribution < 1.29 is 14.0 Å². The van der Waals surface area contributed by atoms with Crippen LogP contribution in [-0.2, 0) is 15.8 Å². The molecule has 4 nitrogen and oxygen atoms in total. The maximum atomic E-state index is 12.0. The third kappa shape index (κ3) is 4.33. The first-order chi connectivity index (χ1) is 10.2. The Kier molecular flexibility index (Phi) is 4.97. The van der Waals surface area contributed by atoms with Gasteiger partial charge in [-0.05, 0) is 23.7 Å². The summed E-state index contributed by atoms with van der Waals surface area (Å²) >= 11 is 0. The lowest BCUT2D eigenvalue weighted by Gasteiger charge is -2.36. The molecule has 2 rings (SSSR count). The number of hydrogen-bond donors (Lipinski definition) is 0. The molecule has 0 spiro atoms. The number of carbonyl (C=O) groups is 1. The summed E-state index contributed by atoms with van der Waals surface area (Å²) in [7, 11) is -1.74. The zero-order chi connectivity index (χ0) is 16.4. The summed E-state index contributed by atoms with van der Waals surface area (Å²) in [5.74, 6) is 0. The van der Waals surface area contributed by atoms with Crippen molar-refractivity contribution >= 4 is 14.4 Å². The van der Waals surface area contributed by atoms with E-state index in [0.29, 0.717) is 13.2 Å². The van der Waals surface area contributed by atoms with Gasteiger partial charge in [0, 0.05) is 6.54 Å². The van der Waals surface area contributed by atoms with Crippen LogP contribution < -0.4 is 0 Å². The van der Waals surface area contributed by atoms with Crippen molar-refractivity contribution in [3.63, 3.8) is 0 Å². The second kappa shape index (κ2) is 6.42. The highest BCUT2D eigenvalue weighted by molar-refractivity contribution is 6.74. The fraction of sp³-hybridized carbons (Fsp3) is 0.588. The quantitative estimate of drug-likeness (QED) is 0.607. The van der Waals surface area contributed by atoms with E-state index < -0.39 is 8.32 Å². The summed E-state index contributed by atoms with van der Waals surface area (Å²) in [5.41, 5.74) is 1.01.